The first-order chi connectivity index (χ1) is 10.1. The van der Waals surface area contributed by atoms with E-state index in [4.69, 9.17) is 10.3 Å². The lowest BCUT2D eigenvalue weighted by molar-refractivity contribution is 0.191. The average molecular weight is 351 g/mol. The smallest absolute Gasteiger partial charge is 0.234 e. The minimum absolute atomic E-state index is 0.168. The van der Waals surface area contributed by atoms with Crippen molar-refractivity contribution in [2.24, 2.45) is 11.7 Å². The minimum Gasteiger partial charge on any atom is -0.338 e. The van der Waals surface area contributed by atoms with Crippen molar-refractivity contribution < 1.29 is 4.52 Å². The molecule has 0 amide bonds. The predicted molar refractivity (Wildman–Crippen MR) is 83.6 cm³/mol. The zero-order valence-corrected chi connectivity index (χ0v) is 13.6. The zero-order valence-electron chi connectivity index (χ0n) is 12.1. The fraction of sp³-hybridized carbons (Fsp3) is 0.533. The van der Waals surface area contributed by atoms with Crippen LogP contribution < -0.4 is 5.73 Å². The number of hydrogen-bond donors (Lipinski definition) is 1. The molecule has 0 aromatic carbocycles. The van der Waals surface area contributed by atoms with Gasteiger partial charge < -0.3 is 10.3 Å². The lowest BCUT2D eigenvalue weighted by Gasteiger charge is -2.35. The first-order valence-electron chi connectivity index (χ1n) is 7.30. The third-order valence-corrected chi connectivity index (χ3v) is 5.11. The van der Waals surface area contributed by atoms with Crippen molar-refractivity contribution in [3.63, 3.8) is 0 Å². The summed E-state index contributed by atoms with van der Waals surface area (Å²) >= 11 is 3.47. The number of aromatic nitrogens is 3. The highest BCUT2D eigenvalue weighted by Gasteiger charge is 2.39. The Morgan fingerprint density at radius 1 is 1.43 bits per heavy atom. The molecule has 2 heterocycles. The summed E-state index contributed by atoms with van der Waals surface area (Å²) in [6.07, 6.45) is 6.05. The molecule has 1 aliphatic rings. The highest BCUT2D eigenvalue weighted by molar-refractivity contribution is 9.10. The molecule has 112 valence electrons. The van der Waals surface area contributed by atoms with Crippen molar-refractivity contribution in [1.29, 1.82) is 0 Å². The number of pyridine rings is 1. The van der Waals surface area contributed by atoms with Crippen LogP contribution in [-0.2, 0) is 5.41 Å². The van der Waals surface area contributed by atoms with Crippen LogP contribution in [0.15, 0.2) is 27.3 Å². The van der Waals surface area contributed by atoms with E-state index in [2.05, 4.69) is 38.0 Å². The lowest BCUT2D eigenvalue weighted by Crippen LogP contribution is -2.39. The molecule has 2 aromatic rings. The van der Waals surface area contributed by atoms with Gasteiger partial charge in [-0.05, 0) is 59.7 Å². The van der Waals surface area contributed by atoms with Crippen molar-refractivity contribution in [2.75, 3.05) is 6.54 Å². The van der Waals surface area contributed by atoms with Crippen LogP contribution >= 0.6 is 15.9 Å². The summed E-state index contributed by atoms with van der Waals surface area (Å²) in [7, 11) is 0. The first-order valence-corrected chi connectivity index (χ1v) is 8.09. The minimum atomic E-state index is -0.168. The van der Waals surface area contributed by atoms with Crippen LogP contribution in [0.2, 0.25) is 0 Å². The maximum Gasteiger partial charge on any atom is 0.234 e. The van der Waals surface area contributed by atoms with Gasteiger partial charge in [0.05, 0.1) is 5.41 Å². The van der Waals surface area contributed by atoms with Crippen molar-refractivity contribution in [1.82, 2.24) is 15.1 Å². The highest BCUT2D eigenvalue weighted by atomic mass is 79.9. The third kappa shape index (κ3) is 2.74. The van der Waals surface area contributed by atoms with Gasteiger partial charge in [0.2, 0.25) is 11.7 Å². The number of nitrogens with zero attached hydrogens (tertiary/aromatic N) is 3. The van der Waals surface area contributed by atoms with E-state index >= 15 is 0 Å². The molecule has 21 heavy (non-hydrogen) atoms. The molecule has 0 radical (unpaired) electrons. The van der Waals surface area contributed by atoms with Crippen LogP contribution in [0.4, 0.5) is 0 Å². The molecule has 5 nitrogen and oxygen atoms in total. The summed E-state index contributed by atoms with van der Waals surface area (Å²) < 4.78 is 6.40. The van der Waals surface area contributed by atoms with E-state index in [0.29, 0.717) is 24.0 Å². The molecule has 0 saturated heterocycles. The Bertz CT molecular complexity index is 620. The molecule has 0 aliphatic heterocycles. The van der Waals surface area contributed by atoms with Crippen LogP contribution in [0.1, 0.15) is 38.5 Å². The van der Waals surface area contributed by atoms with Gasteiger partial charge in [-0.2, -0.15) is 4.98 Å². The van der Waals surface area contributed by atoms with Crippen LogP contribution in [0, 0.1) is 5.92 Å². The summed E-state index contributed by atoms with van der Waals surface area (Å²) in [6.45, 7) is 2.83. The summed E-state index contributed by atoms with van der Waals surface area (Å²) in [5, 5.41) is 4.10. The van der Waals surface area contributed by atoms with Gasteiger partial charge in [-0.3, -0.25) is 4.98 Å². The van der Waals surface area contributed by atoms with Gasteiger partial charge in [0.15, 0.2) is 0 Å². The molecular weight excluding hydrogens is 332 g/mol. The first kappa shape index (κ1) is 14.7. The molecule has 6 heteroatoms. The molecule has 2 N–H and O–H groups in total. The fourth-order valence-corrected chi connectivity index (χ4v) is 3.34. The van der Waals surface area contributed by atoms with Gasteiger partial charge in [-0.15, -0.1) is 0 Å². The van der Waals surface area contributed by atoms with Gasteiger partial charge in [-0.1, -0.05) is 12.1 Å². The number of halogens is 1. The summed E-state index contributed by atoms with van der Waals surface area (Å²) in [5.41, 5.74) is 6.57. The zero-order chi connectivity index (χ0) is 14.9. The Morgan fingerprint density at radius 2 is 2.19 bits per heavy atom. The SMILES string of the molecule is CC1CCC(CN)(c2nc(-c3ncccc3Br)no2)CC1. The van der Waals surface area contributed by atoms with Crippen molar-refractivity contribution >= 4 is 15.9 Å². The standard InChI is InChI=1S/C15H19BrN4O/c1-10-4-6-15(9-17,7-5-10)14-19-13(20-21-14)12-11(16)3-2-8-18-12/h2-3,8,10H,4-7,9,17H2,1H3. The molecule has 1 fully saturated rings. The van der Waals surface area contributed by atoms with E-state index in [1.165, 1.54) is 0 Å². The van der Waals surface area contributed by atoms with E-state index in [1.807, 2.05) is 12.1 Å². The normalized spacial score (nSPS) is 26.0. The Labute approximate surface area is 132 Å². The van der Waals surface area contributed by atoms with Crippen molar-refractivity contribution in [3.05, 3.63) is 28.7 Å². The van der Waals surface area contributed by atoms with Gasteiger partial charge in [-0.25, -0.2) is 0 Å². The van der Waals surface area contributed by atoms with E-state index < -0.39 is 0 Å². The number of rotatable bonds is 3. The van der Waals surface area contributed by atoms with Crippen LogP contribution in [-0.4, -0.2) is 21.7 Å². The maximum absolute atomic E-state index is 6.04. The maximum atomic E-state index is 6.04. The largest absolute Gasteiger partial charge is 0.338 e. The van der Waals surface area contributed by atoms with E-state index in [9.17, 15) is 0 Å². The third-order valence-electron chi connectivity index (χ3n) is 4.47. The summed E-state index contributed by atoms with van der Waals surface area (Å²) in [5.74, 6) is 1.92. The quantitative estimate of drug-likeness (QED) is 0.918. The van der Waals surface area contributed by atoms with E-state index in [-0.39, 0.29) is 5.41 Å². The number of nitrogens with two attached hydrogens (primary N) is 1. The van der Waals surface area contributed by atoms with Crippen molar-refractivity contribution in [3.8, 4) is 11.5 Å². The Hall–Kier alpha value is -1.27. The second-order valence-corrected chi connectivity index (χ2v) is 6.78. The molecule has 1 aliphatic carbocycles. The molecule has 0 atom stereocenters. The van der Waals surface area contributed by atoms with Gasteiger partial charge in [0, 0.05) is 17.2 Å². The van der Waals surface area contributed by atoms with Crippen LogP contribution in [0.3, 0.4) is 0 Å². The Morgan fingerprint density at radius 3 is 2.86 bits per heavy atom. The van der Waals surface area contributed by atoms with Crippen molar-refractivity contribution in [2.45, 2.75) is 38.0 Å². The van der Waals surface area contributed by atoms with E-state index in [1.54, 1.807) is 6.20 Å². The van der Waals surface area contributed by atoms with Gasteiger partial charge in [0.1, 0.15) is 5.69 Å². The lowest BCUT2D eigenvalue weighted by atomic mass is 9.71. The molecule has 2 aromatic heterocycles. The van der Waals surface area contributed by atoms with Crippen LogP contribution in [0.5, 0.6) is 0 Å². The molecular formula is C15H19BrN4O. The Kier molecular flexibility index (Phi) is 4.08. The summed E-state index contributed by atoms with van der Waals surface area (Å²) in [6, 6.07) is 3.78. The monoisotopic (exact) mass is 350 g/mol. The number of hydrogen-bond acceptors (Lipinski definition) is 5. The molecule has 0 spiro atoms. The molecule has 1 saturated carbocycles. The average Bonchev–Trinajstić information content (AvgIpc) is 2.99. The molecule has 0 unspecified atom stereocenters. The van der Waals surface area contributed by atoms with E-state index in [0.717, 1.165) is 36.1 Å². The topological polar surface area (TPSA) is 77.8 Å². The summed E-state index contributed by atoms with van der Waals surface area (Å²) in [4.78, 5) is 8.89. The Balaban J connectivity index is 1.92. The molecule has 0 bridgehead atoms. The van der Waals surface area contributed by atoms with Gasteiger partial charge in [0.25, 0.3) is 0 Å². The van der Waals surface area contributed by atoms with Gasteiger partial charge >= 0.3 is 0 Å². The second kappa shape index (κ2) is 5.85. The highest BCUT2D eigenvalue weighted by Crippen LogP contribution is 2.40. The predicted octanol–water partition coefficient (Wildman–Crippen LogP) is 3.30. The van der Waals surface area contributed by atoms with Crippen LogP contribution in [0.25, 0.3) is 11.5 Å². The second-order valence-electron chi connectivity index (χ2n) is 5.92. The fourth-order valence-electron chi connectivity index (χ4n) is 2.91. The molecule has 3 rings (SSSR count).